The maximum atomic E-state index is 13.1. The number of rotatable bonds is 7. The van der Waals surface area contributed by atoms with Gasteiger partial charge in [0.05, 0.1) is 25.7 Å². The van der Waals surface area contributed by atoms with E-state index in [0.717, 1.165) is 0 Å². The summed E-state index contributed by atoms with van der Waals surface area (Å²) in [6.07, 6.45) is -1.83. The van der Waals surface area contributed by atoms with Crippen molar-refractivity contribution in [2.75, 3.05) is 13.7 Å². The molecule has 11 heteroatoms. The molecule has 1 aromatic rings. The van der Waals surface area contributed by atoms with Gasteiger partial charge in [-0.3, -0.25) is 0 Å². The second kappa shape index (κ2) is 6.71. The molecule has 1 rings (SSSR count). The standard InChI is InChI=1S/C12H12F4O6S/c1-21-9-4-2-8(3-5-9)10(17)22-7-6-11(13,14)12(15,16)23(18,19)20/h2-5H,6-7H2,1H3,(H,18,19,20)/p-1. The van der Waals surface area contributed by atoms with Crippen LogP contribution in [0.25, 0.3) is 0 Å². The molecule has 0 atom stereocenters. The van der Waals surface area contributed by atoms with Crippen molar-refractivity contribution in [2.24, 2.45) is 0 Å². The van der Waals surface area contributed by atoms with Crippen LogP contribution in [0.15, 0.2) is 24.3 Å². The van der Waals surface area contributed by atoms with Gasteiger partial charge in [0.2, 0.25) is 0 Å². The van der Waals surface area contributed by atoms with Crippen molar-refractivity contribution < 1.29 is 44.8 Å². The van der Waals surface area contributed by atoms with E-state index in [1.807, 2.05) is 0 Å². The molecular formula is C12H11F4O6S-. The maximum Gasteiger partial charge on any atom is 0.396 e. The Labute approximate surface area is 128 Å². The van der Waals surface area contributed by atoms with E-state index < -0.39 is 40.3 Å². The molecule has 0 amide bonds. The van der Waals surface area contributed by atoms with Gasteiger partial charge < -0.3 is 14.0 Å². The first kappa shape index (κ1) is 19.2. The molecule has 0 saturated carbocycles. The Morgan fingerprint density at radius 1 is 1.17 bits per heavy atom. The van der Waals surface area contributed by atoms with Crippen LogP contribution in [0.4, 0.5) is 17.6 Å². The summed E-state index contributed by atoms with van der Waals surface area (Å²) in [5.41, 5.74) is -0.0580. The molecule has 23 heavy (non-hydrogen) atoms. The molecule has 0 saturated heterocycles. The van der Waals surface area contributed by atoms with Crippen molar-refractivity contribution in [3.05, 3.63) is 29.8 Å². The van der Waals surface area contributed by atoms with E-state index in [1.165, 1.54) is 31.4 Å². The van der Waals surface area contributed by atoms with Crippen LogP contribution < -0.4 is 4.74 Å². The SMILES string of the molecule is COc1ccc(C(=O)OCCC(F)(F)C(F)(F)S(=O)(=O)[O-])cc1. The molecule has 1 aromatic carbocycles. The Hall–Kier alpha value is -1.88. The summed E-state index contributed by atoms with van der Waals surface area (Å²) in [4.78, 5) is 11.5. The van der Waals surface area contributed by atoms with Crippen molar-refractivity contribution in [1.82, 2.24) is 0 Å². The van der Waals surface area contributed by atoms with Gasteiger partial charge in [0.1, 0.15) is 5.75 Å². The summed E-state index contributed by atoms with van der Waals surface area (Å²) in [5, 5.41) is -5.80. The minimum atomic E-state index is -6.56. The highest BCUT2D eigenvalue weighted by molar-refractivity contribution is 7.86. The van der Waals surface area contributed by atoms with E-state index in [-0.39, 0.29) is 5.56 Å². The lowest BCUT2D eigenvalue weighted by molar-refractivity contribution is -0.168. The molecule has 0 radical (unpaired) electrons. The highest BCUT2D eigenvalue weighted by Crippen LogP contribution is 2.40. The molecule has 130 valence electrons. The number of hydrogen-bond donors (Lipinski definition) is 0. The van der Waals surface area contributed by atoms with E-state index in [9.17, 15) is 35.3 Å². The largest absolute Gasteiger partial charge is 0.743 e. The Bertz CT molecular complexity index is 657. The molecule has 0 aliphatic heterocycles. The smallest absolute Gasteiger partial charge is 0.396 e. The number of ether oxygens (including phenoxy) is 2. The van der Waals surface area contributed by atoms with Crippen LogP contribution in [0.2, 0.25) is 0 Å². The molecule has 0 heterocycles. The topological polar surface area (TPSA) is 92.7 Å². The molecule has 0 unspecified atom stereocenters. The van der Waals surface area contributed by atoms with Crippen LogP contribution in [0.5, 0.6) is 5.75 Å². The second-order valence-electron chi connectivity index (χ2n) is 4.29. The average Bonchev–Trinajstić information content (AvgIpc) is 2.45. The van der Waals surface area contributed by atoms with Gasteiger partial charge in [-0.15, -0.1) is 0 Å². The Morgan fingerprint density at radius 2 is 1.70 bits per heavy atom. The fraction of sp³-hybridized carbons (Fsp3) is 0.417. The molecule has 0 aromatic heterocycles. The lowest BCUT2D eigenvalue weighted by atomic mass is 10.2. The third kappa shape index (κ3) is 4.32. The summed E-state index contributed by atoms with van der Waals surface area (Å²) in [6, 6.07) is 5.25. The Morgan fingerprint density at radius 3 is 2.13 bits per heavy atom. The van der Waals surface area contributed by atoms with Crippen molar-refractivity contribution in [2.45, 2.75) is 17.6 Å². The lowest BCUT2D eigenvalue weighted by Gasteiger charge is -2.28. The van der Waals surface area contributed by atoms with Gasteiger partial charge in [0, 0.05) is 0 Å². The quantitative estimate of drug-likeness (QED) is 0.420. The number of esters is 1. The second-order valence-corrected chi connectivity index (χ2v) is 5.71. The molecule has 0 spiro atoms. The Balaban J connectivity index is 2.66. The lowest BCUT2D eigenvalue weighted by Crippen LogP contribution is -2.47. The Kier molecular flexibility index (Phi) is 5.59. The molecule has 0 N–H and O–H groups in total. The maximum absolute atomic E-state index is 13.1. The summed E-state index contributed by atoms with van der Waals surface area (Å²) in [5.74, 6) is -5.85. The summed E-state index contributed by atoms with van der Waals surface area (Å²) < 4.78 is 91.6. The van der Waals surface area contributed by atoms with Crippen molar-refractivity contribution >= 4 is 16.1 Å². The number of alkyl halides is 4. The minimum Gasteiger partial charge on any atom is -0.743 e. The van der Waals surface area contributed by atoms with Gasteiger partial charge >= 0.3 is 17.1 Å². The van der Waals surface area contributed by atoms with Gasteiger partial charge in [-0.2, -0.15) is 17.6 Å². The van der Waals surface area contributed by atoms with Crippen LogP contribution in [0, 0.1) is 0 Å². The zero-order valence-electron chi connectivity index (χ0n) is 11.6. The fourth-order valence-electron chi connectivity index (χ4n) is 1.41. The average molecular weight is 359 g/mol. The molecule has 0 aliphatic rings. The minimum absolute atomic E-state index is 0.0580. The van der Waals surface area contributed by atoms with Crippen molar-refractivity contribution in [3.8, 4) is 5.75 Å². The normalized spacial score (nSPS) is 12.8. The number of benzene rings is 1. The summed E-state index contributed by atoms with van der Waals surface area (Å²) >= 11 is 0. The number of halogens is 4. The van der Waals surface area contributed by atoms with Crippen LogP contribution in [-0.4, -0.2) is 43.8 Å². The number of carbonyl (C=O) groups excluding carboxylic acids is 1. The fourth-order valence-corrected chi connectivity index (χ4v) is 1.88. The van der Waals surface area contributed by atoms with Crippen LogP contribution in [-0.2, 0) is 14.9 Å². The zero-order chi connectivity index (χ0) is 17.9. The number of carbonyl (C=O) groups is 1. The predicted octanol–water partition coefficient (Wildman–Crippen LogP) is 2.02. The van der Waals surface area contributed by atoms with E-state index in [0.29, 0.717) is 5.75 Å². The van der Waals surface area contributed by atoms with E-state index in [2.05, 4.69) is 4.74 Å². The molecule has 0 fully saturated rings. The first-order chi connectivity index (χ1) is 10.4. The third-order valence-electron chi connectivity index (χ3n) is 2.71. The molecular weight excluding hydrogens is 348 g/mol. The van der Waals surface area contributed by atoms with Gasteiger partial charge in [0.25, 0.3) is 0 Å². The van der Waals surface area contributed by atoms with Crippen molar-refractivity contribution in [1.29, 1.82) is 0 Å². The van der Waals surface area contributed by atoms with Crippen molar-refractivity contribution in [3.63, 3.8) is 0 Å². The number of hydrogen-bond acceptors (Lipinski definition) is 6. The van der Waals surface area contributed by atoms with Gasteiger partial charge in [0.15, 0.2) is 10.1 Å². The molecule has 0 aliphatic carbocycles. The van der Waals surface area contributed by atoms with E-state index in [1.54, 1.807) is 0 Å². The van der Waals surface area contributed by atoms with Gasteiger partial charge in [-0.05, 0) is 24.3 Å². The van der Waals surface area contributed by atoms with E-state index >= 15 is 0 Å². The zero-order valence-corrected chi connectivity index (χ0v) is 12.4. The van der Waals surface area contributed by atoms with E-state index in [4.69, 9.17) is 4.74 Å². The molecule has 0 bridgehead atoms. The predicted molar refractivity (Wildman–Crippen MR) is 67.5 cm³/mol. The third-order valence-corrected chi connectivity index (χ3v) is 3.64. The number of methoxy groups -OCH3 is 1. The van der Waals surface area contributed by atoms with Crippen LogP contribution in [0.1, 0.15) is 16.8 Å². The first-order valence-corrected chi connectivity index (χ1v) is 7.35. The highest BCUT2D eigenvalue weighted by atomic mass is 32.2. The van der Waals surface area contributed by atoms with Crippen LogP contribution in [0.3, 0.4) is 0 Å². The summed E-state index contributed by atoms with van der Waals surface area (Å²) in [6.45, 7) is -1.21. The van der Waals surface area contributed by atoms with Gasteiger partial charge in [-0.1, -0.05) is 0 Å². The molecule has 6 nitrogen and oxygen atoms in total. The van der Waals surface area contributed by atoms with Gasteiger partial charge in [-0.25, -0.2) is 13.2 Å². The first-order valence-electron chi connectivity index (χ1n) is 5.94. The highest BCUT2D eigenvalue weighted by Gasteiger charge is 2.61. The summed E-state index contributed by atoms with van der Waals surface area (Å²) in [7, 11) is -5.18. The monoisotopic (exact) mass is 359 g/mol. The van der Waals surface area contributed by atoms with Crippen LogP contribution >= 0.6 is 0 Å².